The molecule has 1 amide bonds. The average Bonchev–Trinajstić information content (AvgIpc) is 3.34. The minimum atomic E-state index is -0.620. The number of methoxy groups -OCH3 is 1. The normalized spacial score (nSPS) is 10.8. The number of aromatic amines is 1. The maximum absolute atomic E-state index is 11.5. The number of H-pyrrole nitrogens is 1. The first-order valence-corrected chi connectivity index (χ1v) is 9.97. The second kappa shape index (κ2) is 8.27. The van der Waals surface area contributed by atoms with Gasteiger partial charge in [0.15, 0.2) is 5.82 Å². The Bertz CT molecular complexity index is 1240. The maximum atomic E-state index is 11.5. The molecule has 12 heteroatoms. The number of ether oxygens (including phenoxy) is 1. The monoisotopic (exact) mass is 461 g/mol. The summed E-state index contributed by atoms with van der Waals surface area (Å²) >= 11 is 13.8. The zero-order valence-corrected chi connectivity index (χ0v) is 17.6. The zero-order chi connectivity index (χ0) is 21.3. The molecular formula is C18H13Cl2N7O2S. The van der Waals surface area contributed by atoms with Gasteiger partial charge in [-0.15, -0.1) is 16.4 Å². The largest absolute Gasteiger partial charge is 0.453 e. The minimum absolute atomic E-state index is 0.113. The van der Waals surface area contributed by atoms with Crippen LogP contribution in [-0.2, 0) is 4.74 Å². The molecule has 0 aliphatic carbocycles. The van der Waals surface area contributed by atoms with Crippen LogP contribution in [-0.4, -0.2) is 38.4 Å². The van der Waals surface area contributed by atoms with Crippen LogP contribution in [0.15, 0.2) is 36.5 Å². The number of anilines is 2. The van der Waals surface area contributed by atoms with Crippen LogP contribution in [0.5, 0.6) is 0 Å². The molecular weight excluding hydrogens is 449 g/mol. The van der Waals surface area contributed by atoms with Gasteiger partial charge in [0.05, 0.1) is 22.7 Å². The predicted octanol–water partition coefficient (Wildman–Crippen LogP) is 4.72. The standard InChI is InChI=1S/C18H13Cl2N7O2S/c1-29-18(28)23-12-6-8(4-5-22-12)16-24-13(10-3-2-9(19)7-11(10)20)14(30-16)15-25-17(21)27-26-15/h2-7H,1H3,(H,22,23,28)(H3,21,25,26,27). The fourth-order valence-corrected chi connectivity index (χ4v) is 4.15. The third kappa shape index (κ3) is 4.06. The lowest BCUT2D eigenvalue weighted by Gasteiger charge is -2.04. The second-order valence-corrected chi connectivity index (χ2v) is 7.75. The summed E-state index contributed by atoms with van der Waals surface area (Å²) in [6, 6.07) is 8.60. The summed E-state index contributed by atoms with van der Waals surface area (Å²) in [5.41, 5.74) is 7.67. The smallest absolute Gasteiger partial charge is 0.412 e. The van der Waals surface area contributed by atoms with Crippen molar-refractivity contribution in [2.75, 3.05) is 18.2 Å². The van der Waals surface area contributed by atoms with Crippen molar-refractivity contribution in [1.82, 2.24) is 25.1 Å². The van der Waals surface area contributed by atoms with Crippen LogP contribution in [0.2, 0.25) is 10.0 Å². The molecule has 4 aromatic rings. The molecule has 0 radical (unpaired) electrons. The Morgan fingerprint density at radius 3 is 2.77 bits per heavy atom. The fourth-order valence-electron chi connectivity index (χ4n) is 2.63. The van der Waals surface area contributed by atoms with Crippen LogP contribution in [0.1, 0.15) is 0 Å². The Hall–Kier alpha value is -3.21. The van der Waals surface area contributed by atoms with Crippen molar-refractivity contribution >= 4 is 52.4 Å². The first-order valence-electron chi connectivity index (χ1n) is 8.40. The molecule has 4 N–H and O–H groups in total. The SMILES string of the molecule is COC(=O)Nc1cc(-c2nc(-c3ccc(Cl)cc3Cl)c(-c3nc(N)n[nH]3)s2)ccn1. The van der Waals surface area contributed by atoms with E-state index in [0.29, 0.717) is 42.8 Å². The number of nitrogen functional groups attached to an aromatic ring is 1. The number of nitrogens with two attached hydrogens (primary N) is 1. The van der Waals surface area contributed by atoms with Crippen LogP contribution in [0.4, 0.5) is 16.6 Å². The van der Waals surface area contributed by atoms with Crippen molar-refractivity contribution in [1.29, 1.82) is 0 Å². The van der Waals surface area contributed by atoms with Gasteiger partial charge in [0.1, 0.15) is 10.8 Å². The zero-order valence-electron chi connectivity index (χ0n) is 15.3. The van der Waals surface area contributed by atoms with E-state index in [1.165, 1.54) is 18.4 Å². The Balaban J connectivity index is 1.84. The van der Waals surface area contributed by atoms with Gasteiger partial charge in [-0.25, -0.2) is 14.8 Å². The topological polar surface area (TPSA) is 132 Å². The molecule has 4 rings (SSSR count). The van der Waals surface area contributed by atoms with Gasteiger partial charge in [0, 0.05) is 22.3 Å². The van der Waals surface area contributed by atoms with Gasteiger partial charge in [-0.1, -0.05) is 23.2 Å². The number of thiazole rings is 1. The van der Waals surface area contributed by atoms with E-state index in [0.717, 1.165) is 5.56 Å². The molecule has 0 atom stereocenters. The van der Waals surface area contributed by atoms with E-state index < -0.39 is 6.09 Å². The molecule has 9 nitrogen and oxygen atoms in total. The Morgan fingerprint density at radius 2 is 2.07 bits per heavy atom. The molecule has 1 aromatic carbocycles. The van der Waals surface area contributed by atoms with Gasteiger partial charge in [-0.05, 0) is 30.3 Å². The Kier molecular flexibility index (Phi) is 5.53. The Labute approximate surface area is 184 Å². The summed E-state index contributed by atoms with van der Waals surface area (Å²) in [7, 11) is 1.28. The van der Waals surface area contributed by atoms with Crippen molar-refractivity contribution in [3.63, 3.8) is 0 Å². The highest BCUT2D eigenvalue weighted by Crippen LogP contribution is 2.42. The molecule has 152 valence electrons. The molecule has 0 aliphatic rings. The molecule has 0 bridgehead atoms. The van der Waals surface area contributed by atoms with E-state index in [2.05, 4.69) is 30.2 Å². The number of hydrogen-bond donors (Lipinski definition) is 3. The van der Waals surface area contributed by atoms with Crippen LogP contribution < -0.4 is 11.1 Å². The van der Waals surface area contributed by atoms with Crippen molar-refractivity contribution in [2.45, 2.75) is 0 Å². The van der Waals surface area contributed by atoms with E-state index in [1.54, 1.807) is 36.5 Å². The molecule has 30 heavy (non-hydrogen) atoms. The highest BCUT2D eigenvalue weighted by Gasteiger charge is 2.21. The maximum Gasteiger partial charge on any atom is 0.412 e. The Morgan fingerprint density at radius 1 is 1.23 bits per heavy atom. The van der Waals surface area contributed by atoms with Gasteiger partial charge >= 0.3 is 6.09 Å². The number of benzene rings is 1. The van der Waals surface area contributed by atoms with Crippen LogP contribution in [0, 0.1) is 0 Å². The number of rotatable bonds is 4. The van der Waals surface area contributed by atoms with Crippen LogP contribution in [0.3, 0.4) is 0 Å². The summed E-state index contributed by atoms with van der Waals surface area (Å²) in [5.74, 6) is 0.895. The molecule has 0 spiro atoms. The number of carbonyl (C=O) groups is 1. The fraction of sp³-hybridized carbons (Fsp3) is 0.0556. The minimum Gasteiger partial charge on any atom is -0.453 e. The van der Waals surface area contributed by atoms with Crippen molar-refractivity contribution in [2.24, 2.45) is 0 Å². The second-order valence-electron chi connectivity index (χ2n) is 5.91. The molecule has 0 saturated carbocycles. The number of carbonyl (C=O) groups excluding carboxylic acids is 1. The average molecular weight is 462 g/mol. The summed E-state index contributed by atoms with van der Waals surface area (Å²) in [4.78, 5) is 25.3. The van der Waals surface area contributed by atoms with Crippen LogP contribution in [0.25, 0.3) is 32.5 Å². The number of pyridine rings is 1. The summed E-state index contributed by atoms with van der Waals surface area (Å²) < 4.78 is 4.60. The third-order valence-corrected chi connectivity index (χ3v) is 5.61. The van der Waals surface area contributed by atoms with E-state index in [4.69, 9.17) is 33.9 Å². The third-order valence-electron chi connectivity index (χ3n) is 3.95. The summed E-state index contributed by atoms with van der Waals surface area (Å²) in [6.45, 7) is 0. The highest BCUT2D eigenvalue weighted by atomic mass is 35.5. The summed E-state index contributed by atoms with van der Waals surface area (Å²) in [6.07, 6.45) is 0.938. The molecule has 3 aromatic heterocycles. The lowest BCUT2D eigenvalue weighted by molar-refractivity contribution is 0.187. The number of amides is 1. The first-order chi connectivity index (χ1) is 14.4. The van der Waals surface area contributed by atoms with E-state index >= 15 is 0 Å². The number of nitrogens with zero attached hydrogens (tertiary/aromatic N) is 4. The van der Waals surface area contributed by atoms with Crippen molar-refractivity contribution < 1.29 is 9.53 Å². The number of halogens is 2. The van der Waals surface area contributed by atoms with E-state index in [-0.39, 0.29) is 5.95 Å². The van der Waals surface area contributed by atoms with E-state index in [1.807, 2.05) is 0 Å². The number of nitrogens with one attached hydrogen (secondary N) is 2. The molecule has 0 fully saturated rings. The van der Waals surface area contributed by atoms with E-state index in [9.17, 15) is 4.79 Å². The lowest BCUT2D eigenvalue weighted by Crippen LogP contribution is -2.11. The lowest BCUT2D eigenvalue weighted by atomic mass is 10.1. The summed E-state index contributed by atoms with van der Waals surface area (Å²) in [5, 5.41) is 10.8. The van der Waals surface area contributed by atoms with Gasteiger partial charge < -0.3 is 10.5 Å². The van der Waals surface area contributed by atoms with Gasteiger partial charge in [-0.3, -0.25) is 10.4 Å². The molecule has 3 heterocycles. The first kappa shape index (κ1) is 20.1. The number of hydrogen-bond acceptors (Lipinski definition) is 8. The molecule has 0 saturated heterocycles. The van der Waals surface area contributed by atoms with Gasteiger partial charge in [0.25, 0.3) is 0 Å². The number of aromatic nitrogens is 5. The predicted molar refractivity (Wildman–Crippen MR) is 117 cm³/mol. The van der Waals surface area contributed by atoms with Crippen molar-refractivity contribution in [3.05, 3.63) is 46.6 Å². The van der Waals surface area contributed by atoms with Crippen molar-refractivity contribution in [3.8, 4) is 32.5 Å². The highest BCUT2D eigenvalue weighted by molar-refractivity contribution is 7.18. The quantitative estimate of drug-likeness (QED) is 0.400. The van der Waals surface area contributed by atoms with Gasteiger partial charge in [0.2, 0.25) is 5.95 Å². The molecule has 0 aliphatic heterocycles. The van der Waals surface area contributed by atoms with Crippen LogP contribution >= 0.6 is 34.5 Å². The molecule has 0 unspecified atom stereocenters. The van der Waals surface area contributed by atoms with Gasteiger partial charge in [-0.2, -0.15) is 4.98 Å².